The van der Waals surface area contributed by atoms with Crippen molar-refractivity contribution in [1.82, 2.24) is 5.32 Å². The van der Waals surface area contributed by atoms with E-state index in [4.69, 9.17) is 0 Å². The fourth-order valence-corrected chi connectivity index (χ4v) is 1.82. The molecule has 1 aliphatic rings. The molecule has 6 heteroatoms. The number of rotatable bonds is 3. The van der Waals surface area contributed by atoms with Crippen LogP contribution in [-0.4, -0.2) is 24.2 Å². The van der Waals surface area contributed by atoms with Gasteiger partial charge in [-0.1, -0.05) is 6.07 Å². The zero-order valence-electron chi connectivity index (χ0n) is 8.82. The van der Waals surface area contributed by atoms with Crippen LogP contribution in [0.1, 0.15) is 17.9 Å². The third kappa shape index (κ3) is 2.64. The predicted molar refractivity (Wildman–Crippen MR) is 55.1 cm³/mol. The third-order valence-electron chi connectivity index (χ3n) is 2.65. The summed E-state index contributed by atoms with van der Waals surface area (Å²) in [4.78, 5) is 11.0. The van der Waals surface area contributed by atoms with Gasteiger partial charge >= 0.3 is 6.61 Å². The highest BCUT2D eigenvalue weighted by atomic mass is 19.3. The summed E-state index contributed by atoms with van der Waals surface area (Å²) < 4.78 is 28.0. The van der Waals surface area contributed by atoms with Gasteiger partial charge in [0, 0.05) is 18.9 Å². The van der Waals surface area contributed by atoms with Crippen molar-refractivity contribution < 1.29 is 23.4 Å². The van der Waals surface area contributed by atoms with Crippen LogP contribution in [0.5, 0.6) is 11.5 Å². The van der Waals surface area contributed by atoms with Crippen LogP contribution < -0.4 is 10.1 Å². The third-order valence-corrected chi connectivity index (χ3v) is 2.65. The summed E-state index contributed by atoms with van der Waals surface area (Å²) >= 11 is 0. The molecule has 4 nitrogen and oxygen atoms in total. The van der Waals surface area contributed by atoms with Gasteiger partial charge in [-0.15, -0.1) is 0 Å². The number of phenols is 1. The van der Waals surface area contributed by atoms with Crippen LogP contribution in [0.15, 0.2) is 18.2 Å². The van der Waals surface area contributed by atoms with Crippen molar-refractivity contribution in [2.75, 3.05) is 6.54 Å². The molecule has 2 N–H and O–H groups in total. The van der Waals surface area contributed by atoms with Gasteiger partial charge in [0.25, 0.3) is 0 Å². The summed E-state index contributed by atoms with van der Waals surface area (Å²) in [6, 6.07) is 4.20. The smallest absolute Gasteiger partial charge is 0.387 e. The number of alkyl halides is 2. The quantitative estimate of drug-likeness (QED) is 0.847. The molecule has 92 valence electrons. The molecule has 1 atom stereocenters. The molecule has 2 rings (SSSR count). The van der Waals surface area contributed by atoms with E-state index in [1.165, 1.54) is 12.1 Å². The number of carbonyl (C=O) groups excluding carboxylic acids is 1. The number of benzene rings is 1. The Morgan fingerprint density at radius 2 is 2.24 bits per heavy atom. The number of ether oxygens (including phenoxy) is 1. The normalized spacial score (nSPS) is 19.5. The number of amides is 1. The lowest BCUT2D eigenvalue weighted by Gasteiger charge is -2.11. The molecule has 0 radical (unpaired) electrons. The Hall–Kier alpha value is -1.85. The summed E-state index contributed by atoms with van der Waals surface area (Å²) in [5.74, 6) is -0.695. The summed E-state index contributed by atoms with van der Waals surface area (Å²) in [5, 5.41) is 12.2. The van der Waals surface area contributed by atoms with Crippen molar-refractivity contribution in [1.29, 1.82) is 0 Å². The first kappa shape index (κ1) is 11.6. The van der Waals surface area contributed by atoms with Crippen LogP contribution in [0.25, 0.3) is 0 Å². The molecule has 1 fully saturated rings. The van der Waals surface area contributed by atoms with Gasteiger partial charge in [0.15, 0.2) is 11.5 Å². The fraction of sp³-hybridized carbons (Fsp3) is 0.364. The lowest BCUT2D eigenvalue weighted by atomic mass is 9.98. The van der Waals surface area contributed by atoms with E-state index in [0.29, 0.717) is 13.0 Å². The SMILES string of the molecule is O=C1C[C@@H](c2ccc(OC(F)F)c(O)c2)CN1. The zero-order chi connectivity index (χ0) is 12.4. The van der Waals surface area contributed by atoms with Gasteiger partial charge in [0.2, 0.25) is 5.91 Å². The van der Waals surface area contributed by atoms with Crippen molar-refractivity contribution in [2.45, 2.75) is 19.0 Å². The number of aromatic hydroxyl groups is 1. The average Bonchev–Trinajstić information content (AvgIpc) is 2.67. The molecule has 1 aromatic carbocycles. The Kier molecular flexibility index (Phi) is 3.12. The van der Waals surface area contributed by atoms with E-state index in [-0.39, 0.29) is 23.3 Å². The zero-order valence-corrected chi connectivity index (χ0v) is 8.82. The Morgan fingerprint density at radius 1 is 1.47 bits per heavy atom. The molecular weight excluding hydrogens is 232 g/mol. The van der Waals surface area contributed by atoms with Crippen LogP contribution >= 0.6 is 0 Å². The maximum absolute atomic E-state index is 12.0. The molecule has 0 saturated carbocycles. The molecule has 0 aromatic heterocycles. The van der Waals surface area contributed by atoms with Crippen LogP contribution in [0.2, 0.25) is 0 Å². The second-order valence-electron chi connectivity index (χ2n) is 3.81. The molecule has 0 spiro atoms. The summed E-state index contributed by atoms with van der Waals surface area (Å²) in [7, 11) is 0. The van der Waals surface area contributed by atoms with Crippen molar-refractivity contribution >= 4 is 5.91 Å². The Labute approximate surface area is 96.2 Å². The highest BCUT2D eigenvalue weighted by molar-refractivity contribution is 5.79. The first-order valence-electron chi connectivity index (χ1n) is 5.10. The van der Waals surface area contributed by atoms with Crippen molar-refractivity contribution in [3.8, 4) is 11.5 Å². The number of nitrogens with one attached hydrogen (secondary N) is 1. The highest BCUT2D eigenvalue weighted by Gasteiger charge is 2.23. The van der Waals surface area contributed by atoms with Crippen LogP contribution in [0.3, 0.4) is 0 Å². The van der Waals surface area contributed by atoms with E-state index in [1.54, 1.807) is 6.07 Å². The van der Waals surface area contributed by atoms with E-state index in [1.807, 2.05) is 0 Å². The van der Waals surface area contributed by atoms with E-state index in [0.717, 1.165) is 5.56 Å². The molecular formula is C11H11F2NO3. The molecule has 1 aromatic rings. The van der Waals surface area contributed by atoms with Gasteiger partial charge in [0.05, 0.1) is 0 Å². The monoisotopic (exact) mass is 243 g/mol. The predicted octanol–water partition coefficient (Wildman–Crippen LogP) is 1.60. The Morgan fingerprint density at radius 3 is 2.76 bits per heavy atom. The Balaban J connectivity index is 2.16. The molecule has 0 unspecified atom stereocenters. The molecule has 0 aliphatic carbocycles. The number of carbonyl (C=O) groups is 1. The molecule has 1 saturated heterocycles. The minimum atomic E-state index is -2.97. The van der Waals surface area contributed by atoms with E-state index in [2.05, 4.69) is 10.1 Å². The molecule has 17 heavy (non-hydrogen) atoms. The maximum Gasteiger partial charge on any atom is 0.387 e. The van der Waals surface area contributed by atoms with Crippen molar-refractivity contribution in [3.05, 3.63) is 23.8 Å². The molecule has 1 amide bonds. The largest absolute Gasteiger partial charge is 0.504 e. The van der Waals surface area contributed by atoms with Gasteiger partial charge in [-0.25, -0.2) is 0 Å². The topological polar surface area (TPSA) is 58.6 Å². The first-order chi connectivity index (χ1) is 8.06. The number of halogens is 2. The Bertz CT molecular complexity index is 437. The van der Waals surface area contributed by atoms with E-state index >= 15 is 0 Å². The van der Waals surface area contributed by atoms with Gasteiger partial charge in [-0.2, -0.15) is 8.78 Å². The van der Waals surface area contributed by atoms with Gasteiger partial charge < -0.3 is 15.2 Å². The lowest BCUT2D eigenvalue weighted by Crippen LogP contribution is -2.13. The van der Waals surface area contributed by atoms with Crippen LogP contribution in [-0.2, 0) is 4.79 Å². The molecule has 0 bridgehead atoms. The maximum atomic E-state index is 12.0. The van der Waals surface area contributed by atoms with Crippen molar-refractivity contribution in [2.24, 2.45) is 0 Å². The number of phenolic OH excluding ortho intramolecular Hbond substituents is 1. The number of hydrogen-bond donors (Lipinski definition) is 2. The van der Waals surface area contributed by atoms with Crippen molar-refractivity contribution in [3.63, 3.8) is 0 Å². The minimum absolute atomic E-state index is 0.0333. The number of hydrogen-bond acceptors (Lipinski definition) is 3. The summed E-state index contributed by atoms with van der Waals surface area (Å²) in [6.45, 7) is -2.48. The van der Waals surface area contributed by atoms with E-state index in [9.17, 15) is 18.7 Å². The van der Waals surface area contributed by atoms with Crippen LogP contribution in [0.4, 0.5) is 8.78 Å². The summed E-state index contributed by atoms with van der Waals surface area (Å²) in [5.41, 5.74) is 0.725. The molecule has 1 aliphatic heterocycles. The van der Waals surface area contributed by atoms with Gasteiger partial charge in [-0.3, -0.25) is 4.79 Å². The first-order valence-corrected chi connectivity index (χ1v) is 5.10. The fourth-order valence-electron chi connectivity index (χ4n) is 1.82. The average molecular weight is 243 g/mol. The van der Waals surface area contributed by atoms with Crippen LogP contribution in [0, 0.1) is 0 Å². The minimum Gasteiger partial charge on any atom is -0.504 e. The van der Waals surface area contributed by atoms with E-state index < -0.39 is 6.61 Å². The summed E-state index contributed by atoms with van der Waals surface area (Å²) in [6.07, 6.45) is 0.342. The van der Waals surface area contributed by atoms with Gasteiger partial charge in [-0.05, 0) is 17.7 Å². The van der Waals surface area contributed by atoms with Gasteiger partial charge in [0.1, 0.15) is 0 Å². The lowest BCUT2D eigenvalue weighted by molar-refractivity contribution is -0.119. The highest BCUT2D eigenvalue weighted by Crippen LogP contribution is 2.32. The standard InChI is InChI=1S/C11H11F2NO3/c12-11(13)17-9-2-1-6(3-8(9)15)7-4-10(16)14-5-7/h1-3,7,11,15H,4-5H2,(H,14,16)/t7-/m1/s1. The molecule has 1 heterocycles. The second-order valence-corrected chi connectivity index (χ2v) is 3.81. The second kappa shape index (κ2) is 4.57.